The smallest absolute Gasteiger partial charge is 0.258 e. The summed E-state index contributed by atoms with van der Waals surface area (Å²) in [5.74, 6) is -6.08. The van der Waals surface area contributed by atoms with Crippen molar-refractivity contribution in [3.63, 3.8) is 0 Å². The Balaban J connectivity index is 1.93. The lowest BCUT2D eigenvalue weighted by Gasteiger charge is -2.42. The Morgan fingerprint density at radius 3 is 2.51 bits per heavy atom. The minimum atomic E-state index is -2.11. The van der Waals surface area contributed by atoms with E-state index in [-0.39, 0.29) is 18.9 Å². The van der Waals surface area contributed by atoms with Gasteiger partial charge in [-0.15, -0.1) is 0 Å². The van der Waals surface area contributed by atoms with Gasteiger partial charge in [-0.25, -0.2) is 0 Å². The van der Waals surface area contributed by atoms with Gasteiger partial charge >= 0.3 is 0 Å². The monoisotopic (exact) mass is 524 g/mol. The van der Waals surface area contributed by atoms with Crippen LogP contribution in [-0.2, 0) is 23.9 Å². The number of hydrogen-bond acceptors (Lipinski definition) is 8. The van der Waals surface area contributed by atoms with Crippen LogP contribution in [0, 0.1) is 17.8 Å². The highest BCUT2D eigenvalue weighted by Crippen LogP contribution is 2.36. The quantitative estimate of drug-likeness (QED) is 0.194. The van der Waals surface area contributed by atoms with Crippen LogP contribution in [-0.4, -0.2) is 87.1 Å². The topological polar surface area (TPSA) is 192 Å². The highest BCUT2D eigenvalue weighted by Gasteiger charge is 2.47. The summed E-state index contributed by atoms with van der Waals surface area (Å²) in [4.78, 5) is 50.1. The number of nitrogens with two attached hydrogens (primary N) is 1. The Hall–Kier alpha value is -2.80. The van der Waals surface area contributed by atoms with E-state index in [0.717, 1.165) is 0 Å². The standard InChI is InChI=1S/C25H40N4O8/c1-13(8-9-27-23(34)21(32)25(36)11-14(2)15(3)17(5)37-25)20(31)16(4)24(35)29-10-6-7-18(29)22(33)28-12-19(26)30/h8-9,13,15-18,20-21,31-32,36H,2,6-7,10-12H2,1,3-5H3,(H2,26,30)(H,27,34)(H,28,33)/b9-8+/t13-,15-,16+,17-,18+,20-,21-,25-/m1/s1. The molecule has 0 unspecified atom stereocenters. The van der Waals surface area contributed by atoms with E-state index in [4.69, 9.17) is 10.5 Å². The van der Waals surface area contributed by atoms with Crippen molar-refractivity contribution in [3.8, 4) is 0 Å². The Morgan fingerprint density at radius 1 is 1.27 bits per heavy atom. The van der Waals surface area contributed by atoms with Gasteiger partial charge in [0.2, 0.25) is 23.5 Å². The lowest BCUT2D eigenvalue weighted by atomic mass is 9.86. The highest BCUT2D eigenvalue weighted by atomic mass is 16.6. The van der Waals surface area contributed by atoms with E-state index in [1.807, 2.05) is 6.92 Å². The molecule has 0 radical (unpaired) electrons. The van der Waals surface area contributed by atoms with Gasteiger partial charge in [0.1, 0.15) is 6.04 Å². The molecule has 0 bridgehead atoms. The van der Waals surface area contributed by atoms with Crippen molar-refractivity contribution in [2.45, 2.75) is 77.1 Å². The number of primary amides is 1. The Kier molecular flexibility index (Phi) is 10.4. The van der Waals surface area contributed by atoms with Crippen LogP contribution in [0.15, 0.2) is 24.4 Å². The molecule has 2 fully saturated rings. The van der Waals surface area contributed by atoms with Crippen LogP contribution in [0.5, 0.6) is 0 Å². The number of carbonyl (C=O) groups is 4. The number of aliphatic hydroxyl groups is 3. The summed E-state index contributed by atoms with van der Waals surface area (Å²) in [6.45, 7) is 10.7. The number of nitrogens with zero attached hydrogens (tertiary/aromatic N) is 1. The third-order valence-electron chi connectivity index (χ3n) is 7.24. The molecule has 208 valence electrons. The molecule has 7 N–H and O–H groups in total. The van der Waals surface area contributed by atoms with Gasteiger partial charge in [-0.1, -0.05) is 39.0 Å². The first-order valence-corrected chi connectivity index (χ1v) is 12.5. The largest absolute Gasteiger partial charge is 0.392 e. The zero-order chi connectivity index (χ0) is 28.1. The number of likely N-dealkylation sites (tertiary alicyclic amines) is 1. The Labute approximate surface area is 216 Å². The van der Waals surface area contributed by atoms with Crippen molar-refractivity contribution < 1.29 is 39.2 Å². The van der Waals surface area contributed by atoms with E-state index >= 15 is 0 Å². The summed E-state index contributed by atoms with van der Waals surface area (Å²) in [7, 11) is 0. The highest BCUT2D eigenvalue weighted by molar-refractivity contribution is 5.91. The SMILES string of the molecule is C=C1C[C@](O)([C@H](O)C(=O)N/C=C/[C@@H](C)[C@@H](O)[C@H](C)C(=O)N2CCC[C@H]2C(=O)NCC(N)=O)O[C@H](C)[C@@H]1C. The molecule has 0 saturated carbocycles. The molecule has 12 nitrogen and oxygen atoms in total. The maximum absolute atomic E-state index is 13.0. The van der Waals surface area contributed by atoms with Crippen LogP contribution in [0.3, 0.4) is 0 Å². The van der Waals surface area contributed by atoms with Crippen molar-refractivity contribution in [1.82, 2.24) is 15.5 Å². The first kappa shape index (κ1) is 30.4. The second-order valence-electron chi connectivity index (χ2n) is 10.1. The van der Waals surface area contributed by atoms with Gasteiger partial charge in [-0.05, 0) is 19.8 Å². The molecule has 2 rings (SSSR count). The second kappa shape index (κ2) is 12.6. The van der Waals surface area contributed by atoms with E-state index in [9.17, 15) is 34.5 Å². The molecule has 37 heavy (non-hydrogen) atoms. The summed E-state index contributed by atoms with van der Waals surface area (Å²) >= 11 is 0. The minimum absolute atomic E-state index is 0.0390. The van der Waals surface area contributed by atoms with Crippen molar-refractivity contribution in [2.24, 2.45) is 23.5 Å². The molecule has 2 heterocycles. The fraction of sp³-hybridized carbons (Fsp3) is 0.680. The molecule has 4 amide bonds. The maximum atomic E-state index is 13.0. The van der Waals surface area contributed by atoms with Crippen molar-refractivity contribution in [1.29, 1.82) is 0 Å². The molecule has 8 atom stereocenters. The number of ether oxygens (including phenoxy) is 1. The lowest BCUT2D eigenvalue weighted by molar-refractivity contribution is -0.284. The van der Waals surface area contributed by atoms with E-state index in [2.05, 4.69) is 17.2 Å². The molecule has 12 heteroatoms. The number of amides is 4. The van der Waals surface area contributed by atoms with Gasteiger partial charge < -0.3 is 41.3 Å². The second-order valence-corrected chi connectivity index (χ2v) is 10.1. The summed E-state index contributed by atoms with van der Waals surface area (Å²) < 4.78 is 5.49. The molecule has 0 aliphatic carbocycles. The fourth-order valence-electron chi connectivity index (χ4n) is 4.58. The van der Waals surface area contributed by atoms with Gasteiger partial charge in [-0.2, -0.15) is 0 Å². The Morgan fingerprint density at radius 2 is 1.92 bits per heavy atom. The van der Waals surface area contributed by atoms with E-state index in [1.165, 1.54) is 17.2 Å². The fourth-order valence-corrected chi connectivity index (χ4v) is 4.58. The van der Waals surface area contributed by atoms with Crippen LogP contribution in [0.2, 0.25) is 0 Å². The molecule has 0 aromatic rings. The zero-order valence-corrected chi connectivity index (χ0v) is 21.8. The van der Waals surface area contributed by atoms with Gasteiger partial charge in [0.25, 0.3) is 5.91 Å². The van der Waals surface area contributed by atoms with Gasteiger partial charge in [0, 0.05) is 31.0 Å². The summed E-state index contributed by atoms with van der Waals surface area (Å²) in [6, 6.07) is -0.747. The van der Waals surface area contributed by atoms with Crippen molar-refractivity contribution in [3.05, 3.63) is 24.4 Å². The Bertz CT molecular complexity index is 924. The van der Waals surface area contributed by atoms with Gasteiger partial charge in [0.05, 0.1) is 24.7 Å². The molecule has 2 aliphatic heterocycles. The summed E-state index contributed by atoms with van der Waals surface area (Å²) in [5.41, 5.74) is 5.71. The average Bonchev–Trinajstić information content (AvgIpc) is 3.33. The number of rotatable bonds is 10. The number of hydrogen-bond donors (Lipinski definition) is 6. The third kappa shape index (κ3) is 7.37. The number of nitrogens with one attached hydrogen (secondary N) is 2. The molecule has 0 spiro atoms. The average molecular weight is 525 g/mol. The van der Waals surface area contributed by atoms with Crippen LogP contribution < -0.4 is 16.4 Å². The van der Waals surface area contributed by atoms with Crippen molar-refractivity contribution >= 4 is 23.6 Å². The van der Waals surface area contributed by atoms with E-state index in [1.54, 1.807) is 20.8 Å². The minimum Gasteiger partial charge on any atom is -0.392 e. The maximum Gasteiger partial charge on any atom is 0.258 e. The number of aliphatic hydroxyl groups excluding tert-OH is 2. The molecular weight excluding hydrogens is 484 g/mol. The first-order chi connectivity index (χ1) is 17.2. The summed E-state index contributed by atoms with van der Waals surface area (Å²) in [6.07, 6.45) is 0.161. The molecule has 0 aromatic heterocycles. The van der Waals surface area contributed by atoms with Gasteiger partial charge in [-0.3, -0.25) is 19.2 Å². The lowest BCUT2D eigenvalue weighted by Crippen LogP contribution is -2.57. The molecule has 0 aromatic carbocycles. The van der Waals surface area contributed by atoms with E-state index < -0.39 is 65.6 Å². The van der Waals surface area contributed by atoms with Crippen LogP contribution in [0.1, 0.15) is 47.0 Å². The third-order valence-corrected chi connectivity index (χ3v) is 7.24. The van der Waals surface area contributed by atoms with Crippen LogP contribution in [0.4, 0.5) is 0 Å². The summed E-state index contributed by atoms with van der Waals surface area (Å²) in [5, 5.41) is 36.6. The molecule has 2 aliphatic rings. The zero-order valence-electron chi connectivity index (χ0n) is 21.8. The predicted octanol–water partition coefficient (Wildman–Crippen LogP) is -1.11. The molecular formula is C25H40N4O8. The first-order valence-electron chi connectivity index (χ1n) is 12.5. The predicted molar refractivity (Wildman–Crippen MR) is 133 cm³/mol. The number of carbonyl (C=O) groups excluding carboxylic acids is 4. The van der Waals surface area contributed by atoms with Crippen LogP contribution >= 0.6 is 0 Å². The van der Waals surface area contributed by atoms with Crippen molar-refractivity contribution in [2.75, 3.05) is 13.1 Å². The van der Waals surface area contributed by atoms with Crippen LogP contribution in [0.25, 0.3) is 0 Å². The van der Waals surface area contributed by atoms with Gasteiger partial charge in [0.15, 0.2) is 6.10 Å². The normalized spacial score (nSPS) is 29.4. The molecule has 2 saturated heterocycles. The van der Waals surface area contributed by atoms with E-state index in [0.29, 0.717) is 25.0 Å².